The minimum absolute atomic E-state index is 0.252. The van der Waals surface area contributed by atoms with Gasteiger partial charge in [-0.25, -0.2) is 0 Å². The van der Waals surface area contributed by atoms with Gasteiger partial charge in [-0.1, -0.05) is 19.8 Å². The zero-order valence-corrected chi connectivity index (χ0v) is 11.9. The van der Waals surface area contributed by atoms with Crippen molar-refractivity contribution in [2.75, 3.05) is 0 Å². The van der Waals surface area contributed by atoms with Crippen molar-refractivity contribution < 1.29 is 5.11 Å². The third-order valence-electron chi connectivity index (χ3n) is 2.77. The molecule has 1 heterocycles. The lowest BCUT2D eigenvalue weighted by Crippen LogP contribution is -2.14. The summed E-state index contributed by atoms with van der Waals surface area (Å²) in [5.74, 6) is 0. The summed E-state index contributed by atoms with van der Waals surface area (Å²) in [7, 11) is 0. The second-order valence-electron chi connectivity index (χ2n) is 4.16. The maximum Gasteiger partial charge on any atom is 0.0738 e. The Bertz CT molecular complexity index is 336. The lowest BCUT2D eigenvalue weighted by atomic mass is 10.1. The summed E-state index contributed by atoms with van der Waals surface area (Å²) in [4.78, 5) is 0. The van der Waals surface area contributed by atoms with Crippen LogP contribution in [0.2, 0.25) is 0 Å². The van der Waals surface area contributed by atoms with Crippen molar-refractivity contribution in [2.45, 2.75) is 59.1 Å². The molecule has 1 rings (SSSR count). The van der Waals surface area contributed by atoms with Gasteiger partial charge in [0.05, 0.1) is 22.0 Å². The molecule has 0 amide bonds. The molecule has 92 valence electrons. The largest absolute Gasteiger partial charge is 0.393 e. The zero-order chi connectivity index (χ0) is 12.1. The van der Waals surface area contributed by atoms with Crippen LogP contribution in [-0.4, -0.2) is 21.0 Å². The fraction of sp³-hybridized carbons (Fsp3) is 0.750. The Morgan fingerprint density at radius 2 is 2.12 bits per heavy atom. The molecule has 4 heteroatoms. The van der Waals surface area contributed by atoms with Crippen LogP contribution in [0.25, 0.3) is 0 Å². The average molecular weight is 289 g/mol. The van der Waals surface area contributed by atoms with Crippen LogP contribution < -0.4 is 0 Å². The molecule has 1 aromatic rings. The second kappa shape index (κ2) is 6.40. The predicted molar refractivity (Wildman–Crippen MR) is 69.6 cm³/mol. The third-order valence-corrected chi connectivity index (χ3v) is 3.80. The van der Waals surface area contributed by atoms with E-state index in [9.17, 15) is 5.11 Å². The topological polar surface area (TPSA) is 38.1 Å². The maximum absolute atomic E-state index is 9.93. The number of aliphatic hydroxyl groups excluding tert-OH is 1. The number of halogens is 1. The highest BCUT2D eigenvalue weighted by molar-refractivity contribution is 9.10. The standard InChI is InChI=1S/C12H21BrN2O/c1-4-6-7-10(16)8-11-12(13)9(3)14-15(11)5-2/h10,16H,4-8H2,1-3H3. The van der Waals surface area contributed by atoms with Crippen LogP contribution in [0.4, 0.5) is 0 Å². The van der Waals surface area contributed by atoms with E-state index in [-0.39, 0.29) is 6.10 Å². The highest BCUT2D eigenvalue weighted by Gasteiger charge is 2.15. The Hall–Kier alpha value is -0.350. The van der Waals surface area contributed by atoms with E-state index in [1.807, 2.05) is 11.6 Å². The number of unbranched alkanes of at least 4 members (excludes halogenated alkanes) is 1. The van der Waals surface area contributed by atoms with Crippen LogP contribution in [0, 0.1) is 6.92 Å². The SMILES string of the molecule is CCCCC(O)Cc1c(Br)c(C)nn1CC. The first kappa shape index (κ1) is 13.7. The normalized spacial score (nSPS) is 13.1. The summed E-state index contributed by atoms with van der Waals surface area (Å²) in [6.07, 6.45) is 3.52. The van der Waals surface area contributed by atoms with Crippen molar-refractivity contribution >= 4 is 15.9 Å². The quantitative estimate of drug-likeness (QED) is 0.874. The summed E-state index contributed by atoms with van der Waals surface area (Å²) in [6, 6.07) is 0. The fourth-order valence-electron chi connectivity index (χ4n) is 1.83. The Balaban J connectivity index is 2.71. The predicted octanol–water partition coefficient (Wildman–Crippen LogP) is 3.07. The molecule has 1 aromatic heterocycles. The van der Waals surface area contributed by atoms with Crippen molar-refractivity contribution in [1.82, 2.24) is 9.78 Å². The van der Waals surface area contributed by atoms with Crippen LogP contribution in [0.3, 0.4) is 0 Å². The molecule has 0 saturated heterocycles. The molecule has 0 saturated carbocycles. The number of rotatable bonds is 6. The number of aliphatic hydroxyl groups is 1. The second-order valence-corrected chi connectivity index (χ2v) is 4.96. The zero-order valence-electron chi connectivity index (χ0n) is 10.3. The monoisotopic (exact) mass is 288 g/mol. The molecule has 0 bridgehead atoms. The smallest absolute Gasteiger partial charge is 0.0738 e. The molecule has 0 aromatic carbocycles. The molecule has 0 aliphatic heterocycles. The molecular weight excluding hydrogens is 268 g/mol. The minimum atomic E-state index is -0.252. The van der Waals surface area contributed by atoms with Crippen LogP contribution in [0.5, 0.6) is 0 Å². The first-order valence-corrected chi connectivity index (χ1v) is 6.79. The van der Waals surface area contributed by atoms with Gasteiger partial charge in [-0.05, 0) is 36.2 Å². The number of hydrogen-bond donors (Lipinski definition) is 1. The van der Waals surface area contributed by atoms with Gasteiger partial charge < -0.3 is 5.11 Å². The Morgan fingerprint density at radius 1 is 1.44 bits per heavy atom. The van der Waals surface area contributed by atoms with Gasteiger partial charge in [-0.2, -0.15) is 5.10 Å². The Kier molecular flexibility index (Phi) is 5.49. The maximum atomic E-state index is 9.93. The summed E-state index contributed by atoms with van der Waals surface area (Å²) in [5.41, 5.74) is 2.11. The molecule has 1 atom stereocenters. The van der Waals surface area contributed by atoms with Crippen molar-refractivity contribution in [3.8, 4) is 0 Å². The van der Waals surface area contributed by atoms with Crippen molar-refractivity contribution in [1.29, 1.82) is 0 Å². The van der Waals surface area contributed by atoms with Gasteiger partial charge in [0.15, 0.2) is 0 Å². The van der Waals surface area contributed by atoms with Gasteiger partial charge in [0.2, 0.25) is 0 Å². The van der Waals surface area contributed by atoms with E-state index in [0.717, 1.165) is 41.7 Å². The van der Waals surface area contributed by atoms with Gasteiger partial charge in [0.25, 0.3) is 0 Å². The molecule has 0 fully saturated rings. The van der Waals surface area contributed by atoms with Crippen molar-refractivity contribution in [3.63, 3.8) is 0 Å². The van der Waals surface area contributed by atoms with Gasteiger partial charge in [-0.3, -0.25) is 4.68 Å². The highest BCUT2D eigenvalue weighted by Crippen LogP contribution is 2.23. The van der Waals surface area contributed by atoms with Gasteiger partial charge in [0.1, 0.15) is 0 Å². The van der Waals surface area contributed by atoms with Crippen LogP contribution in [-0.2, 0) is 13.0 Å². The average Bonchev–Trinajstić information content (AvgIpc) is 2.54. The molecule has 0 aliphatic rings. The van der Waals surface area contributed by atoms with Gasteiger partial charge >= 0.3 is 0 Å². The summed E-state index contributed by atoms with van der Waals surface area (Å²) in [6.45, 7) is 7.05. The summed E-state index contributed by atoms with van der Waals surface area (Å²) in [5, 5.41) is 14.3. The minimum Gasteiger partial charge on any atom is -0.393 e. The Labute approximate surface area is 106 Å². The number of nitrogens with zero attached hydrogens (tertiary/aromatic N) is 2. The molecule has 1 N–H and O–H groups in total. The molecule has 0 radical (unpaired) electrons. The summed E-state index contributed by atoms with van der Waals surface area (Å²) < 4.78 is 3.01. The van der Waals surface area contributed by atoms with E-state index in [1.54, 1.807) is 0 Å². The number of aromatic nitrogens is 2. The molecule has 3 nitrogen and oxygen atoms in total. The van der Waals surface area contributed by atoms with Crippen LogP contribution in [0.15, 0.2) is 4.47 Å². The van der Waals surface area contributed by atoms with E-state index in [4.69, 9.17) is 0 Å². The molecule has 0 spiro atoms. The fourth-order valence-corrected chi connectivity index (χ4v) is 2.27. The first-order valence-electron chi connectivity index (χ1n) is 5.99. The lowest BCUT2D eigenvalue weighted by Gasteiger charge is -2.11. The Morgan fingerprint density at radius 3 is 2.69 bits per heavy atom. The highest BCUT2D eigenvalue weighted by atomic mass is 79.9. The van der Waals surface area contributed by atoms with Gasteiger partial charge in [0, 0.05) is 13.0 Å². The lowest BCUT2D eigenvalue weighted by molar-refractivity contribution is 0.159. The molecule has 1 unspecified atom stereocenters. The number of hydrogen-bond acceptors (Lipinski definition) is 2. The summed E-state index contributed by atoms with van der Waals surface area (Å²) >= 11 is 3.54. The van der Waals surface area contributed by atoms with E-state index in [1.165, 1.54) is 0 Å². The van der Waals surface area contributed by atoms with E-state index < -0.39 is 0 Å². The van der Waals surface area contributed by atoms with Crippen LogP contribution in [0.1, 0.15) is 44.5 Å². The van der Waals surface area contributed by atoms with Crippen molar-refractivity contribution in [2.24, 2.45) is 0 Å². The molecule has 16 heavy (non-hydrogen) atoms. The van der Waals surface area contributed by atoms with Gasteiger partial charge in [-0.15, -0.1) is 0 Å². The number of aryl methyl sites for hydroxylation is 2. The van der Waals surface area contributed by atoms with Crippen LogP contribution >= 0.6 is 15.9 Å². The van der Waals surface area contributed by atoms with Crippen molar-refractivity contribution in [3.05, 3.63) is 15.9 Å². The van der Waals surface area contributed by atoms with E-state index in [2.05, 4.69) is 34.9 Å². The van der Waals surface area contributed by atoms with E-state index >= 15 is 0 Å². The van der Waals surface area contributed by atoms with E-state index in [0.29, 0.717) is 6.42 Å². The first-order chi connectivity index (χ1) is 7.60. The third kappa shape index (κ3) is 3.32. The molecular formula is C12H21BrN2O. The molecule has 0 aliphatic carbocycles.